The molecule has 2 N–H and O–H groups in total. The molecule has 2 aromatic rings. The van der Waals surface area contributed by atoms with Crippen LogP contribution in [-0.4, -0.2) is 44.2 Å². The molecule has 0 unspecified atom stereocenters. The second kappa shape index (κ2) is 10.1. The van der Waals surface area contributed by atoms with Gasteiger partial charge >= 0.3 is 0 Å². The lowest BCUT2D eigenvalue weighted by Gasteiger charge is -2.15. The van der Waals surface area contributed by atoms with Crippen LogP contribution in [0.4, 0.5) is 5.69 Å². The molecule has 0 aliphatic carbocycles. The molecule has 7 nitrogen and oxygen atoms in total. The van der Waals surface area contributed by atoms with Crippen LogP contribution in [-0.2, 0) is 15.8 Å². The number of carbonyl (C=O) groups is 2. The number of hydrogen-bond donors (Lipinski definition) is 2. The summed E-state index contributed by atoms with van der Waals surface area (Å²) in [7, 11) is -3.33. The zero-order valence-electron chi connectivity index (χ0n) is 17.9. The first kappa shape index (κ1) is 23.0. The Morgan fingerprint density at radius 1 is 0.968 bits per heavy atom. The van der Waals surface area contributed by atoms with Gasteiger partial charge in [-0.3, -0.25) is 9.59 Å². The number of amides is 2. The predicted octanol–water partition coefficient (Wildman–Crippen LogP) is 3.25. The molecule has 0 atom stereocenters. The van der Waals surface area contributed by atoms with Gasteiger partial charge in [0.25, 0.3) is 11.8 Å². The number of benzene rings is 2. The van der Waals surface area contributed by atoms with Crippen LogP contribution >= 0.6 is 0 Å². The average molecular weight is 444 g/mol. The van der Waals surface area contributed by atoms with E-state index in [-0.39, 0.29) is 17.6 Å². The monoisotopic (exact) mass is 443 g/mol. The van der Waals surface area contributed by atoms with Crippen molar-refractivity contribution in [2.45, 2.75) is 32.4 Å². The number of nitrogens with zero attached hydrogens (tertiary/aromatic N) is 1. The fraction of sp³-hybridized carbons (Fsp3) is 0.391. The predicted molar refractivity (Wildman–Crippen MR) is 121 cm³/mol. The van der Waals surface area contributed by atoms with Gasteiger partial charge in [-0.05, 0) is 48.6 Å². The highest BCUT2D eigenvalue weighted by atomic mass is 32.2. The van der Waals surface area contributed by atoms with E-state index in [0.717, 1.165) is 12.8 Å². The first-order chi connectivity index (χ1) is 14.8. The first-order valence-electron chi connectivity index (χ1n) is 10.5. The van der Waals surface area contributed by atoms with Crippen LogP contribution in [0.15, 0.2) is 48.5 Å². The molecule has 8 heteroatoms. The van der Waals surface area contributed by atoms with E-state index >= 15 is 0 Å². The molecule has 2 amide bonds. The van der Waals surface area contributed by atoms with Crippen molar-refractivity contribution in [2.75, 3.05) is 25.0 Å². The summed E-state index contributed by atoms with van der Waals surface area (Å²) < 4.78 is 26.5. The third kappa shape index (κ3) is 6.15. The normalized spacial score (nSPS) is 14.5. The van der Waals surface area contributed by atoms with Crippen molar-refractivity contribution in [3.05, 3.63) is 65.2 Å². The summed E-state index contributed by atoms with van der Waals surface area (Å²) in [6.07, 6.45) is 1.80. The van der Waals surface area contributed by atoms with E-state index in [2.05, 4.69) is 10.6 Å². The van der Waals surface area contributed by atoms with Gasteiger partial charge in [-0.15, -0.1) is 0 Å². The van der Waals surface area contributed by atoms with E-state index in [1.54, 1.807) is 48.5 Å². The molecular weight excluding hydrogens is 414 g/mol. The molecule has 0 bridgehead atoms. The minimum atomic E-state index is -3.33. The van der Waals surface area contributed by atoms with Crippen molar-refractivity contribution in [3.8, 4) is 0 Å². The van der Waals surface area contributed by atoms with Crippen LogP contribution in [0, 0.1) is 5.92 Å². The van der Waals surface area contributed by atoms with Crippen LogP contribution in [0.3, 0.4) is 0 Å². The van der Waals surface area contributed by atoms with Gasteiger partial charge < -0.3 is 10.6 Å². The number of rotatable bonds is 8. The van der Waals surface area contributed by atoms with Crippen molar-refractivity contribution in [1.29, 1.82) is 0 Å². The van der Waals surface area contributed by atoms with Gasteiger partial charge in [0.1, 0.15) is 0 Å². The second-order valence-corrected chi connectivity index (χ2v) is 10.1. The quantitative estimate of drug-likeness (QED) is 0.655. The topological polar surface area (TPSA) is 95.6 Å². The Balaban J connectivity index is 1.67. The van der Waals surface area contributed by atoms with Gasteiger partial charge in [0.05, 0.1) is 17.0 Å². The maximum absolute atomic E-state index is 12.7. The number of sulfonamides is 1. The van der Waals surface area contributed by atoms with E-state index in [1.165, 1.54) is 4.31 Å². The van der Waals surface area contributed by atoms with Crippen molar-refractivity contribution in [3.63, 3.8) is 0 Å². The van der Waals surface area contributed by atoms with Crippen molar-refractivity contribution in [2.24, 2.45) is 5.92 Å². The lowest BCUT2D eigenvalue weighted by molar-refractivity contribution is 0.0950. The summed E-state index contributed by atoms with van der Waals surface area (Å²) in [4.78, 5) is 25.1. The molecule has 1 fully saturated rings. The molecule has 0 spiro atoms. The van der Waals surface area contributed by atoms with E-state index < -0.39 is 10.0 Å². The average Bonchev–Trinajstić information content (AvgIpc) is 3.29. The highest BCUT2D eigenvalue weighted by Gasteiger charge is 2.25. The summed E-state index contributed by atoms with van der Waals surface area (Å²) in [5.74, 6) is -0.364. The molecule has 3 rings (SSSR count). The van der Waals surface area contributed by atoms with E-state index in [9.17, 15) is 18.0 Å². The van der Waals surface area contributed by atoms with Crippen molar-refractivity contribution >= 4 is 27.5 Å². The Hall–Kier alpha value is -2.71. The fourth-order valence-electron chi connectivity index (χ4n) is 3.40. The summed E-state index contributed by atoms with van der Waals surface area (Å²) in [6.45, 7) is 5.71. The third-order valence-corrected chi connectivity index (χ3v) is 6.96. The van der Waals surface area contributed by atoms with Gasteiger partial charge in [0.15, 0.2) is 0 Å². The number of hydrogen-bond acceptors (Lipinski definition) is 4. The molecule has 166 valence electrons. The number of carbonyl (C=O) groups excluding carboxylic acids is 2. The molecule has 1 aliphatic rings. The standard InChI is InChI=1S/C23H29N3O4S/c1-17(2)15-24-23(28)20-7-3-4-8-21(20)25-22(27)19-11-9-18(10-12-19)16-31(29,30)26-13-5-6-14-26/h3-4,7-12,17H,5-6,13-16H2,1-2H3,(H,24,28)(H,25,27). The van der Waals surface area contributed by atoms with Crippen molar-refractivity contribution in [1.82, 2.24) is 9.62 Å². The van der Waals surface area contributed by atoms with Crippen molar-refractivity contribution < 1.29 is 18.0 Å². The van der Waals surface area contributed by atoms with Gasteiger partial charge in [0.2, 0.25) is 10.0 Å². The smallest absolute Gasteiger partial charge is 0.255 e. The van der Waals surface area contributed by atoms with Gasteiger partial charge in [-0.25, -0.2) is 12.7 Å². The molecule has 1 heterocycles. The van der Waals surface area contributed by atoms with Gasteiger partial charge in [-0.2, -0.15) is 0 Å². The van der Waals surface area contributed by atoms with E-state index in [1.807, 2.05) is 13.8 Å². The van der Waals surface area contributed by atoms with E-state index in [4.69, 9.17) is 0 Å². The summed E-state index contributed by atoms with van der Waals surface area (Å²) in [5, 5.41) is 5.63. The van der Waals surface area contributed by atoms with Crippen LogP contribution in [0.25, 0.3) is 0 Å². The minimum absolute atomic E-state index is 0.0756. The Kier molecular flexibility index (Phi) is 7.46. The highest BCUT2D eigenvalue weighted by molar-refractivity contribution is 7.88. The minimum Gasteiger partial charge on any atom is -0.352 e. The van der Waals surface area contributed by atoms with Crippen LogP contribution in [0.2, 0.25) is 0 Å². The van der Waals surface area contributed by atoms with Crippen LogP contribution in [0.1, 0.15) is 53.0 Å². The number of anilines is 1. The second-order valence-electron chi connectivity index (χ2n) is 8.16. The first-order valence-corrected chi connectivity index (χ1v) is 12.1. The van der Waals surface area contributed by atoms with Crippen LogP contribution < -0.4 is 10.6 Å². The molecule has 2 aromatic carbocycles. The van der Waals surface area contributed by atoms with Crippen LogP contribution in [0.5, 0.6) is 0 Å². The molecule has 1 aliphatic heterocycles. The maximum Gasteiger partial charge on any atom is 0.255 e. The van der Waals surface area contributed by atoms with E-state index in [0.29, 0.717) is 47.9 Å². The molecule has 0 radical (unpaired) electrons. The Bertz CT molecular complexity index is 1030. The molecule has 0 aromatic heterocycles. The summed E-state index contributed by atoms with van der Waals surface area (Å²) >= 11 is 0. The highest BCUT2D eigenvalue weighted by Crippen LogP contribution is 2.19. The molecule has 1 saturated heterocycles. The zero-order chi connectivity index (χ0) is 22.4. The number of para-hydroxylation sites is 1. The Morgan fingerprint density at radius 3 is 2.26 bits per heavy atom. The fourth-order valence-corrected chi connectivity index (χ4v) is 5.01. The Labute approximate surface area is 183 Å². The molecule has 0 saturated carbocycles. The SMILES string of the molecule is CC(C)CNC(=O)c1ccccc1NC(=O)c1ccc(CS(=O)(=O)N2CCCC2)cc1. The Morgan fingerprint density at radius 2 is 1.61 bits per heavy atom. The lowest BCUT2D eigenvalue weighted by Crippen LogP contribution is -2.29. The molecule has 31 heavy (non-hydrogen) atoms. The zero-order valence-corrected chi connectivity index (χ0v) is 18.7. The lowest BCUT2D eigenvalue weighted by atomic mass is 10.1. The van der Waals surface area contributed by atoms with Gasteiger partial charge in [-0.1, -0.05) is 38.1 Å². The summed E-state index contributed by atoms with van der Waals surface area (Å²) in [6, 6.07) is 13.4. The molecular formula is C23H29N3O4S. The number of nitrogens with one attached hydrogen (secondary N) is 2. The largest absolute Gasteiger partial charge is 0.352 e. The maximum atomic E-state index is 12.7. The summed E-state index contributed by atoms with van der Waals surface area (Å²) in [5.41, 5.74) is 1.84. The third-order valence-electron chi connectivity index (χ3n) is 5.11. The van der Waals surface area contributed by atoms with Gasteiger partial charge in [0, 0.05) is 25.2 Å².